The van der Waals surface area contributed by atoms with Crippen molar-refractivity contribution in [1.82, 2.24) is 0 Å². The maximum Gasteiger partial charge on any atom is 0.120 e. The molecule has 1 spiro atoms. The van der Waals surface area contributed by atoms with Gasteiger partial charge in [0.1, 0.15) is 5.75 Å². The van der Waals surface area contributed by atoms with Crippen molar-refractivity contribution in [2.75, 3.05) is 7.11 Å². The van der Waals surface area contributed by atoms with Gasteiger partial charge in [0.25, 0.3) is 0 Å². The van der Waals surface area contributed by atoms with Crippen molar-refractivity contribution in [3.8, 4) is 5.75 Å². The van der Waals surface area contributed by atoms with Crippen LogP contribution < -0.4 is 4.74 Å². The van der Waals surface area contributed by atoms with Crippen LogP contribution in [0.5, 0.6) is 5.75 Å². The first-order valence-corrected chi connectivity index (χ1v) is 7.96. The van der Waals surface area contributed by atoms with Gasteiger partial charge in [-0.2, -0.15) is 0 Å². The second-order valence-electron chi connectivity index (χ2n) is 6.75. The van der Waals surface area contributed by atoms with Crippen molar-refractivity contribution in [2.45, 2.75) is 58.2 Å². The Labute approximate surface area is 127 Å². The van der Waals surface area contributed by atoms with Gasteiger partial charge in [-0.15, -0.1) is 0 Å². The summed E-state index contributed by atoms with van der Waals surface area (Å²) in [4.78, 5) is 0. The number of ether oxygens (including phenoxy) is 2. The Morgan fingerprint density at radius 2 is 1.95 bits per heavy atom. The molecule has 0 radical (unpaired) electrons. The second kappa shape index (κ2) is 5.45. The van der Waals surface area contributed by atoms with E-state index in [9.17, 15) is 0 Å². The van der Waals surface area contributed by atoms with E-state index < -0.39 is 0 Å². The van der Waals surface area contributed by atoms with Gasteiger partial charge in [-0.3, -0.25) is 0 Å². The maximum atomic E-state index is 8.68. The molecule has 0 atom stereocenters. The molecule has 1 aromatic carbocycles. The van der Waals surface area contributed by atoms with Crippen molar-refractivity contribution in [1.29, 1.82) is 5.41 Å². The minimum absolute atomic E-state index is 0.0494. The van der Waals surface area contributed by atoms with Gasteiger partial charge in [-0.1, -0.05) is 6.07 Å². The van der Waals surface area contributed by atoms with Crippen LogP contribution >= 0.6 is 0 Å². The molecule has 1 N–H and O–H groups in total. The molecular weight excluding hydrogens is 262 g/mol. The number of benzene rings is 1. The molecule has 0 aliphatic heterocycles. The first-order chi connectivity index (χ1) is 10.0. The van der Waals surface area contributed by atoms with Crippen LogP contribution in [0.15, 0.2) is 18.2 Å². The van der Waals surface area contributed by atoms with E-state index in [1.54, 1.807) is 7.11 Å². The van der Waals surface area contributed by atoms with E-state index in [0.29, 0.717) is 6.10 Å². The minimum atomic E-state index is 0.0494. The predicted octanol–water partition coefficient (Wildman–Crippen LogP) is 3.97. The molecule has 3 nitrogen and oxygen atoms in total. The summed E-state index contributed by atoms with van der Waals surface area (Å²) in [5.41, 5.74) is 3.28. The number of rotatable bonds is 3. The SMILES string of the molecule is CO[C@H]1CC[C@]2(CC1)Cc1ccc(OC(C)C)cc1C2=N. The first-order valence-electron chi connectivity index (χ1n) is 7.96. The molecule has 2 aliphatic carbocycles. The highest BCUT2D eigenvalue weighted by Crippen LogP contribution is 2.48. The monoisotopic (exact) mass is 287 g/mol. The van der Waals surface area contributed by atoms with Gasteiger partial charge in [0, 0.05) is 23.8 Å². The van der Waals surface area contributed by atoms with E-state index >= 15 is 0 Å². The van der Waals surface area contributed by atoms with Crippen molar-refractivity contribution < 1.29 is 9.47 Å². The van der Waals surface area contributed by atoms with Crippen LogP contribution in [-0.4, -0.2) is 25.0 Å². The lowest BCUT2D eigenvalue weighted by atomic mass is 9.70. The summed E-state index contributed by atoms with van der Waals surface area (Å²) in [6.07, 6.45) is 5.85. The molecule has 3 rings (SSSR count). The zero-order valence-corrected chi connectivity index (χ0v) is 13.2. The third-order valence-electron chi connectivity index (χ3n) is 5.00. The molecule has 1 fully saturated rings. The van der Waals surface area contributed by atoms with E-state index in [0.717, 1.165) is 49.1 Å². The van der Waals surface area contributed by atoms with Gasteiger partial charge in [0.2, 0.25) is 0 Å². The van der Waals surface area contributed by atoms with E-state index in [1.165, 1.54) is 5.56 Å². The Bertz CT molecular complexity index is 542. The van der Waals surface area contributed by atoms with E-state index in [-0.39, 0.29) is 11.5 Å². The van der Waals surface area contributed by atoms with E-state index in [1.807, 2.05) is 19.9 Å². The quantitative estimate of drug-likeness (QED) is 0.914. The third kappa shape index (κ3) is 2.59. The number of methoxy groups -OCH3 is 1. The first kappa shape index (κ1) is 14.6. The molecule has 0 unspecified atom stereocenters. The summed E-state index contributed by atoms with van der Waals surface area (Å²) in [7, 11) is 1.80. The molecule has 114 valence electrons. The largest absolute Gasteiger partial charge is 0.491 e. The lowest BCUT2D eigenvalue weighted by Gasteiger charge is -2.36. The Morgan fingerprint density at radius 3 is 2.57 bits per heavy atom. The van der Waals surface area contributed by atoms with E-state index in [2.05, 4.69) is 12.1 Å². The minimum Gasteiger partial charge on any atom is -0.491 e. The molecule has 0 bridgehead atoms. The summed E-state index contributed by atoms with van der Waals surface area (Å²) in [6.45, 7) is 4.07. The normalized spacial score (nSPS) is 28.2. The highest BCUT2D eigenvalue weighted by atomic mass is 16.5. The lowest BCUT2D eigenvalue weighted by molar-refractivity contribution is 0.0467. The second-order valence-corrected chi connectivity index (χ2v) is 6.75. The fraction of sp³-hybridized carbons (Fsp3) is 0.611. The van der Waals surface area contributed by atoms with Crippen LogP contribution in [-0.2, 0) is 11.2 Å². The van der Waals surface area contributed by atoms with Crippen molar-refractivity contribution in [3.63, 3.8) is 0 Å². The molecule has 3 heteroatoms. The Hall–Kier alpha value is -1.35. The van der Waals surface area contributed by atoms with Gasteiger partial charge in [0.05, 0.1) is 12.2 Å². The molecular formula is C18H25NO2. The number of nitrogens with one attached hydrogen (secondary N) is 1. The summed E-state index contributed by atoms with van der Waals surface area (Å²) >= 11 is 0. The zero-order valence-electron chi connectivity index (χ0n) is 13.2. The predicted molar refractivity (Wildman–Crippen MR) is 84.4 cm³/mol. The molecule has 21 heavy (non-hydrogen) atoms. The number of hydrogen-bond donors (Lipinski definition) is 1. The summed E-state index contributed by atoms with van der Waals surface area (Å²) in [5, 5.41) is 8.68. The highest BCUT2D eigenvalue weighted by Gasteiger charge is 2.44. The summed E-state index contributed by atoms with van der Waals surface area (Å²) < 4.78 is 11.3. The van der Waals surface area contributed by atoms with Crippen LogP contribution in [0.25, 0.3) is 0 Å². The van der Waals surface area contributed by atoms with Crippen LogP contribution in [0.1, 0.15) is 50.7 Å². The maximum absolute atomic E-state index is 8.68. The van der Waals surface area contributed by atoms with Gasteiger partial charge < -0.3 is 14.9 Å². The fourth-order valence-corrected chi connectivity index (χ4v) is 3.83. The average Bonchev–Trinajstić information content (AvgIpc) is 2.73. The van der Waals surface area contributed by atoms with Gasteiger partial charge in [-0.25, -0.2) is 0 Å². The topological polar surface area (TPSA) is 42.3 Å². The highest BCUT2D eigenvalue weighted by molar-refractivity contribution is 6.07. The standard InChI is InChI=1S/C18H25NO2/c1-12(2)21-15-5-4-13-11-18(17(19)16(13)10-15)8-6-14(20-3)7-9-18/h4-5,10,12,14,19H,6-9,11H2,1-3H3/t14-,18-. The Kier molecular flexibility index (Phi) is 3.78. The summed E-state index contributed by atoms with van der Waals surface area (Å²) in [6, 6.07) is 6.26. The smallest absolute Gasteiger partial charge is 0.120 e. The van der Waals surface area contributed by atoms with Crippen molar-refractivity contribution in [3.05, 3.63) is 29.3 Å². The molecule has 0 amide bonds. The van der Waals surface area contributed by atoms with Gasteiger partial charge in [0.15, 0.2) is 0 Å². The van der Waals surface area contributed by atoms with Crippen LogP contribution in [0, 0.1) is 10.8 Å². The van der Waals surface area contributed by atoms with Crippen LogP contribution in [0.4, 0.5) is 0 Å². The third-order valence-corrected chi connectivity index (χ3v) is 5.00. The van der Waals surface area contributed by atoms with Gasteiger partial charge >= 0.3 is 0 Å². The molecule has 1 aromatic rings. The number of fused-ring (bicyclic) bond motifs is 1. The zero-order chi connectivity index (χ0) is 15.0. The average molecular weight is 287 g/mol. The summed E-state index contributed by atoms with van der Waals surface area (Å²) in [5.74, 6) is 0.885. The van der Waals surface area contributed by atoms with Crippen molar-refractivity contribution >= 4 is 5.71 Å². The molecule has 0 heterocycles. The molecule has 1 saturated carbocycles. The van der Waals surface area contributed by atoms with E-state index in [4.69, 9.17) is 14.9 Å². The number of hydrogen-bond acceptors (Lipinski definition) is 3. The van der Waals surface area contributed by atoms with Gasteiger partial charge in [-0.05, 0) is 63.6 Å². The molecule has 0 aromatic heterocycles. The Morgan fingerprint density at radius 1 is 1.24 bits per heavy atom. The molecule has 0 saturated heterocycles. The van der Waals surface area contributed by atoms with Crippen LogP contribution in [0.2, 0.25) is 0 Å². The fourth-order valence-electron chi connectivity index (χ4n) is 3.83. The Balaban J connectivity index is 1.82. The van der Waals surface area contributed by atoms with Crippen molar-refractivity contribution in [2.24, 2.45) is 5.41 Å². The lowest BCUT2D eigenvalue weighted by Crippen LogP contribution is -2.35. The van der Waals surface area contributed by atoms with Crippen LogP contribution in [0.3, 0.4) is 0 Å². The molecule has 2 aliphatic rings.